The third-order valence-electron chi connectivity index (χ3n) is 18.3. The molecule has 374 valence electrons. The Hall–Kier alpha value is -7.34. The molecule has 14 rings (SSSR count). The molecule has 10 aromatic rings. The van der Waals surface area contributed by atoms with Gasteiger partial charge in [0.1, 0.15) is 0 Å². The minimum absolute atomic E-state index is 0.0173. The highest BCUT2D eigenvalue weighted by atomic mass is 32.1. The zero-order chi connectivity index (χ0) is 52.0. The molecule has 0 bridgehead atoms. The van der Waals surface area contributed by atoms with Gasteiger partial charge in [-0.15, -0.1) is 11.3 Å². The highest BCUT2D eigenvalue weighted by molar-refractivity contribution is 7.25. The summed E-state index contributed by atoms with van der Waals surface area (Å²) in [6.45, 7) is 21.5. The van der Waals surface area contributed by atoms with E-state index < -0.39 is 0 Å². The average molecular weight is 1000 g/mol. The monoisotopic (exact) mass is 1000 g/mol. The van der Waals surface area contributed by atoms with E-state index in [2.05, 4.69) is 265 Å². The molecule has 0 saturated heterocycles. The Balaban J connectivity index is 1.05. The van der Waals surface area contributed by atoms with Gasteiger partial charge in [-0.1, -0.05) is 177 Å². The highest BCUT2D eigenvalue weighted by Gasteiger charge is 2.58. The lowest BCUT2D eigenvalue weighted by molar-refractivity contribution is 0.195. The number of fused-ring (bicyclic) bond motifs is 10. The maximum absolute atomic E-state index is 2.78. The lowest BCUT2D eigenvalue weighted by Crippen LogP contribution is -2.61. The lowest BCUT2D eigenvalue weighted by atomic mass is 9.33. The van der Waals surface area contributed by atoms with Crippen molar-refractivity contribution in [2.45, 2.75) is 110 Å². The molecule has 5 heteroatoms. The SMILES string of the molecule is Cc1cc2c3c(c1)N(c1ccc(C(C)(C)C)cc1-c1ccccc1)c1cc(N4c5ccc(-c6ccccc6)cc5C5(C)CCCCC45C)ccc1B3c1cc(C(C)(C)C)ccc1N2c1ccc2c(c1)sc1ccccc12. The van der Waals surface area contributed by atoms with Crippen molar-refractivity contribution >= 4 is 100 Å². The second-order valence-corrected chi connectivity index (χ2v) is 26.0. The molecule has 1 fully saturated rings. The van der Waals surface area contributed by atoms with Crippen LogP contribution in [0.5, 0.6) is 0 Å². The predicted molar refractivity (Wildman–Crippen MR) is 329 cm³/mol. The van der Waals surface area contributed by atoms with E-state index in [0.717, 1.165) is 6.42 Å². The van der Waals surface area contributed by atoms with Crippen LogP contribution < -0.4 is 31.1 Å². The van der Waals surface area contributed by atoms with Crippen LogP contribution in [0.15, 0.2) is 188 Å². The maximum atomic E-state index is 2.78. The smallest absolute Gasteiger partial charge is 0.252 e. The molecule has 2 unspecified atom stereocenters. The van der Waals surface area contributed by atoms with E-state index >= 15 is 0 Å². The Bertz CT molecular complexity index is 3990. The normalized spacial score (nSPS) is 18.6. The standard InChI is InChI=1S/C71H66BN3S/c1-45-38-63-67-64(39-45)74(59-34-27-49(68(2,3)4)41-55(59)47-22-14-11-15-23-47)62-43-52(75-60-33-26-48(46-20-12-10-13-21-46)40-56(60)70(8)36-18-19-37-71(70,75)9)30-32-57(62)72(67)58-42-50(69(5,6)7)28-35-61(58)73(63)51-29-31-54-53-24-16-17-25-65(53)76-66(54)44-51/h10-17,20-35,38-44H,18-19,36-37H2,1-9H3. The molecule has 3 aliphatic heterocycles. The number of rotatable bonds is 5. The van der Waals surface area contributed by atoms with E-state index in [9.17, 15) is 0 Å². The first-order chi connectivity index (χ1) is 36.6. The van der Waals surface area contributed by atoms with Crippen molar-refractivity contribution in [2.75, 3.05) is 14.7 Å². The second-order valence-electron chi connectivity index (χ2n) is 25.0. The minimum atomic E-state index is -0.128. The van der Waals surface area contributed by atoms with Crippen LogP contribution in [0.2, 0.25) is 0 Å². The van der Waals surface area contributed by atoms with Gasteiger partial charge in [0.05, 0.1) is 11.2 Å². The van der Waals surface area contributed by atoms with Crippen LogP contribution >= 0.6 is 11.3 Å². The minimum Gasteiger partial charge on any atom is -0.334 e. The number of anilines is 8. The van der Waals surface area contributed by atoms with E-state index in [-0.39, 0.29) is 28.5 Å². The molecule has 9 aromatic carbocycles. The Morgan fingerprint density at radius 2 is 1.09 bits per heavy atom. The molecule has 3 nitrogen and oxygen atoms in total. The van der Waals surface area contributed by atoms with E-state index in [4.69, 9.17) is 0 Å². The van der Waals surface area contributed by atoms with Crippen LogP contribution in [0.25, 0.3) is 42.4 Å². The largest absolute Gasteiger partial charge is 0.334 e. The highest BCUT2D eigenvalue weighted by Crippen LogP contribution is 2.62. The molecule has 4 aliphatic rings. The van der Waals surface area contributed by atoms with Gasteiger partial charge in [-0.3, -0.25) is 0 Å². The number of nitrogens with zero attached hydrogens (tertiary/aromatic N) is 3. The summed E-state index contributed by atoms with van der Waals surface area (Å²) < 4.78 is 2.63. The third-order valence-corrected chi connectivity index (χ3v) is 19.5. The molecular formula is C71H66BN3S. The van der Waals surface area contributed by atoms with Gasteiger partial charge in [-0.2, -0.15) is 0 Å². The molecule has 0 amide bonds. The zero-order valence-corrected chi connectivity index (χ0v) is 46.4. The van der Waals surface area contributed by atoms with Crippen molar-refractivity contribution in [1.82, 2.24) is 0 Å². The molecule has 1 aliphatic carbocycles. The van der Waals surface area contributed by atoms with E-state index in [1.54, 1.807) is 0 Å². The quantitative estimate of drug-likeness (QED) is 0.159. The van der Waals surface area contributed by atoms with Gasteiger partial charge >= 0.3 is 0 Å². The molecule has 4 heterocycles. The van der Waals surface area contributed by atoms with Crippen molar-refractivity contribution in [2.24, 2.45) is 0 Å². The Kier molecular flexibility index (Phi) is 10.4. The first kappa shape index (κ1) is 47.1. The second kappa shape index (κ2) is 16.8. The van der Waals surface area contributed by atoms with Gasteiger partial charge in [0.2, 0.25) is 0 Å². The van der Waals surface area contributed by atoms with Crippen molar-refractivity contribution < 1.29 is 0 Å². The molecule has 76 heavy (non-hydrogen) atoms. The van der Waals surface area contributed by atoms with Gasteiger partial charge in [-0.05, 0) is 166 Å². The average Bonchev–Trinajstić information content (AvgIpc) is 4.07. The van der Waals surface area contributed by atoms with Crippen molar-refractivity contribution in [3.05, 3.63) is 210 Å². The Labute approximate surface area is 454 Å². The summed E-state index contributed by atoms with van der Waals surface area (Å²) in [4.78, 5) is 8.06. The van der Waals surface area contributed by atoms with Crippen LogP contribution in [0.3, 0.4) is 0 Å². The first-order valence-electron chi connectivity index (χ1n) is 27.7. The number of hydrogen-bond donors (Lipinski definition) is 0. The van der Waals surface area contributed by atoms with Crippen molar-refractivity contribution in [3.63, 3.8) is 0 Å². The molecule has 0 N–H and O–H groups in total. The van der Waals surface area contributed by atoms with Crippen LogP contribution in [0, 0.1) is 6.92 Å². The van der Waals surface area contributed by atoms with Crippen molar-refractivity contribution in [1.29, 1.82) is 0 Å². The van der Waals surface area contributed by atoms with Crippen LogP contribution in [0.4, 0.5) is 45.5 Å². The maximum Gasteiger partial charge on any atom is 0.252 e. The molecular weight excluding hydrogens is 938 g/mol. The fraction of sp³-hybridized carbons (Fsp3) is 0.239. The van der Waals surface area contributed by atoms with E-state index in [1.807, 2.05) is 11.3 Å². The van der Waals surface area contributed by atoms with Crippen LogP contribution in [-0.2, 0) is 16.2 Å². The van der Waals surface area contributed by atoms with E-state index in [0.29, 0.717) is 0 Å². The summed E-state index contributed by atoms with van der Waals surface area (Å²) in [7, 11) is 0. The first-order valence-corrected chi connectivity index (χ1v) is 28.6. The fourth-order valence-corrected chi connectivity index (χ4v) is 15.3. The molecule has 1 saturated carbocycles. The Morgan fingerprint density at radius 3 is 1.84 bits per heavy atom. The van der Waals surface area contributed by atoms with Gasteiger partial charge in [0.15, 0.2) is 0 Å². The zero-order valence-electron chi connectivity index (χ0n) is 45.6. The Morgan fingerprint density at radius 1 is 0.461 bits per heavy atom. The van der Waals surface area contributed by atoms with Crippen molar-refractivity contribution in [3.8, 4) is 22.3 Å². The lowest BCUT2D eigenvalue weighted by Gasteiger charge is -2.50. The number of thiophene rings is 1. The topological polar surface area (TPSA) is 9.72 Å². The van der Waals surface area contributed by atoms with Gasteiger partial charge in [0, 0.05) is 71.0 Å². The van der Waals surface area contributed by atoms with Gasteiger partial charge in [0.25, 0.3) is 6.71 Å². The number of benzene rings is 9. The van der Waals surface area contributed by atoms with Gasteiger partial charge in [-0.25, -0.2) is 0 Å². The predicted octanol–water partition coefficient (Wildman–Crippen LogP) is 18.1. The molecule has 1 aromatic heterocycles. The van der Waals surface area contributed by atoms with Crippen LogP contribution in [0.1, 0.15) is 103 Å². The number of aryl methyl sites for hydroxylation is 1. The molecule has 0 radical (unpaired) electrons. The molecule has 2 atom stereocenters. The summed E-state index contributed by atoms with van der Waals surface area (Å²) in [5.74, 6) is 0. The van der Waals surface area contributed by atoms with Gasteiger partial charge < -0.3 is 14.7 Å². The third kappa shape index (κ3) is 7.00. The molecule has 0 spiro atoms. The summed E-state index contributed by atoms with van der Waals surface area (Å²) in [5, 5.41) is 2.64. The number of hydrogen-bond acceptors (Lipinski definition) is 4. The summed E-state index contributed by atoms with van der Waals surface area (Å²) in [6.07, 6.45) is 4.76. The summed E-state index contributed by atoms with van der Waals surface area (Å²) >= 11 is 1.90. The summed E-state index contributed by atoms with van der Waals surface area (Å²) in [5.41, 5.74) is 24.2. The fourth-order valence-electron chi connectivity index (χ4n) is 14.1. The summed E-state index contributed by atoms with van der Waals surface area (Å²) in [6, 6.07) is 72.8. The van der Waals surface area contributed by atoms with Crippen LogP contribution in [-0.4, -0.2) is 12.3 Å². The van der Waals surface area contributed by atoms with E-state index in [1.165, 1.54) is 146 Å².